The van der Waals surface area contributed by atoms with Crippen molar-refractivity contribution in [2.45, 2.75) is 53.1 Å². The molecule has 0 spiro atoms. The molecule has 6 heteroatoms. The molecule has 0 aliphatic heterocycles. The van der Waals surface area contributed by atoms with Gasteiger partial charge in [-0.2, -0.15) is 10.2 Å². The molecule has 0 unspecified atom stereocenters. The lowest BCUT2D eigenvalue weighted by atomic mass is 10.2. The lowest BCUT2D eigenvalue weighted by molar-refractivity contribution is 0.0979. The van der Waals surface area contributed by atoms with Gasteiger partial charge in [-0.15, -0.1) is 0 Å². The van der Waals surface area contributed by atoms with Crippen molar-refractivity contribution in [3.8, 4) is 0 Å². The van der Waals surface area contributed by atoms with Gasteiger partial charge >= 0.3 is 0 Å². The number of hydrogen-bond acceptors (Lipinski definition) is 4. The van der Waals surface area contributed by atoms with Crippen LogP contribution in [-0.2, 0) is 19.4 Å². The van der Waals surface area contributed by atoms with Crippen LogP contribution in [0.1, 0.15) is 55.7 Å². The van der Waals surface area contributed by atoms with E-state index in [2.05, 4.69) is 15.2 Å². The second-order valence-corrected chi connectivity index (χ2v) is 5.00. The summed E-state index contributed by atoms with van der Waals surface area (Å²) in [5.41, 5.74) is 1.60. The maximum absolute atomic E-state index is 12.5. The summed E-state index contributed by atoms with van der Waals surface area (Å²) in [6.07, 6.45) is 2.58. The first-order chi connectivity index (χ1) is 9.56. The smallest absolute Gasteiger partial charge is 0.188 e. The van der Waals surface area contributed by atoms with Crippen molar-refractivity contribution in [1.82, 2.24) is 24.5 Å². The number of aryl methyl sites for hydroxylation is 2. The van der Waals surface area contributed by atoms with Crippen LogP contribution in [0.5, 0.6) is 0 Å². The summed E-state index contributed by atoms with van der Waals surface area (Å²) in [6.45, 7) is 8.76. The first kappa shape index (κ1) is 14.4. The fraction of sp³-hybridized carbons (Fsp3) is 0.571. The second-order valence-electron chi connectivity index (χ2n) is 5.00. The Balaban J connectivity index is 2.23. The molecule has 0 saturated carbocycles. The Morgan fingerprint density at radius 3 is 2.70 bits per heavy atom. The summed E-state index contributed by atoms with van der Waals surface area (Å²) in [6, 6.07) is 2.07. The maximum Gasteiger partial charge on any atom is 0.188 e. The van der Waals surface area contributed by atoms with Gasteiger partial charge in [-0.3, -0.25) is 9.48 Å². The molecule has 0 saturated heterocycles. The van der Waals surface area contributed by atoms with Crippen LogP contribution in [0, 0.1) is 0 Å². The maximum atomic E-state index is 12.5. The highest BCUT2D eigenvalue weighted by Crippen LogP contribution is 2.11. The zero-order valence-electron chi connectivity index (χ0n) is 12.5. The van der Waals surface area contributed by atoms with E-state index in [4.69, 9.17) is 0 Å². The molecule has 2 aromatic heterocycles. The Hall–Kier alpha value is -1.98. The van der Waals surface area contributed by atoms with E-state index in [0.717, 1.165) is 12.1 Å². The van der Waals surface area contributed by atoms with Gasteiger partial charge < -0.3 is 0 Å². The third-order valence-electron chi connectivity index (χ3n) is 3.23. The van der Waals surface area contributed by atoms with Crippen molar-refractivity contribution >= 4 is 5.78 Å². The van der Waals surface area contributed by atoms with Gasteiger partial charge in [0.15, 0.2) is 5.78 Å². The van der Waals surface area contributed by atoms with E-state index in [1.165, 1.54) is 6.33 Å². The van der Waals surface area contributed by atoms with Crippen LogP contribution in [0.25, 0.3) is 0 Å². The zero-order valence-corrected chi connectivity index (χ0v) is 12.5. The average molecular weight is 275 g/mol. The molecule has 2 aromatic rings. The summed E-state index contributed by atoms with van der Waals surface area (Å²) in [5, 5.41) is 8.57. The van der Waals surface area contributed by atoms with Crippen LogP contribution in [0.4, 0.5) is 0 Å². The van der Waals surface area contributed by atoms with Crippen LogP contribution in [0.2, 0.25) is 0 Å². The minimum Gasteiger partial charge on any atom is -0.292 e. The van der Waals surface area contributed by atoms with Crippen LogP contribution < -0.4 is 0 Å². The summed E-state index contributed by atoms with van der Waals surface area (Å²) >= 11 is 0. The SMILES string of the molecule is CCc1cc(C(=O)Cc2ncnn2C(C)C)n(CC)n1. The molecule has 0 atom stereocenters. The Bertz CT molecular complexity index is 596. The van der Waals surface area contributed by atoms with E-state index in [-0.39, 0.29) is 18.2 Å². The monoisotopic (exact) mass is 275 g/mol. The van der Waals surface area contributed by atoms with E-state index in [1.807, 2.05) is 33.8 Å². The van der Waals surface area contributed by atoms with Crippen molar-refractivity contribution in [3.05, 3.63) is 29.6 Å². The molecule has 0 radical (unpaired) electrons. The number of ketones is 1. The predicted octanol–water partition coefficient (Wildman–Crippen LogP) is 2.06. The molecule has 20 heavy (non-hydrogen) atoms. The van der Waals surface area contributed by atoms with E-state index in [9.17, 15) is 4.79 Å². The normalized spacial score (nSPS) is 11.2. The Kier molecular flexibility index (Phi) is 4.32. The van der Waals surface area contributed by atoms with Crippen LogP contribution >= 0.6 is 0 Å². The minimum atomic E-state index is 0.0361. The van der Waals surface area contributed by atoms with Crippen molar-refractivity contribution < 1.29 is 4.79 Å². The van der Waals surface area contributed by atoms with Gasteiger partial charge in [0.1, 0.15) is 17.8 Å². The fourth-order valence-electron chi connectivity index (χ4n) is 2.17. The molecule has 2 heterocycles. The molecule has 2 rings (SSSR count). The van der Waals surface area contributed by atoms with Gasteiger partial charge in [0.05, 0.1) is 12.1 Å². The number of rotatable bonds is 6. The summed E-state index contributed by atoms with van der Waals surface area (Å²) < 4.78 is 3.54. The highest BCUT2D eigenvalue weighted by molar-refractivity contribution is 5.95. The topological polar surface area (TPSA) is 65.6 Å². The standard InChI is InChI=1S/C14H21N5O/c1-5-11-7-12(18(6-2)17-11)13(20)8-14-15-9-16-19(14)10(3)4/h7,9-10H,5-6,8H2,1-4H3. The van der Waals surface area contributed by atoms with Crippen molar-refractivity contribution in [1.29, 1.82) is 0 Å². The van der Waals surface area contributed by atoms with Gasteiger partial charge in [0.25, 0.3) is 0 Å². The Morgan fingerprint density at radius 2 is 2.10 bits per heavy atom. The molecule has 108 valence electrons. The summed E-state index contributed by atoms with van der Waals surface area (Å²) in [4.78, 5) is 16.6. The third-order valence-corrected chi connectivity index (χ3v) is 3.23. The Morgan fingerprint density at radius 1 is 1.35 bits per heavy atom. The number of nitrogens with zero attached hydrogens (tertiary/aromatic N) is 5. The number of carbonyl (C=O) groups excluding carboxylic acids is 1. The van der Waals surface area contributed by atoms with E-state index < -0.39 is 0 Å². The van der Waals surface area contributed by atoms with Gasteiger partial charge in [0.2, 0.25) is 0 Å². The first-order valence-corrected chi connectivity index (χ1v) is 7.05. The quantitative estimate of drug-likeness (QED) is 0.757. The summed E-state index contributed by atoms with van der Waals surface area (Å²) in [7, 11) is 0. The molecule has 0 aliphatic carbocycles. The predicted molar refractivity (Wildman–Crippen MR) is 75.7 cm³/mol. The van der Waals surface area contributed by atoms with E-state index >= 15 is 0 Å². The number of Topliss-reactive ketones (excluding diaryl/α,β-unsaturated/α-hetero) is 1. The third kappa shape index (κ3) is 2.79. The molecular weight excluding hydrogens is 254 g/mol. The van der Waals surface area contributed by atoms with E-state index in [1.54, 1.807) is 9.36 Å². The van der Waals surface area contributed by atoms with Crippen LogP contribution in [0.15, 0.2) is 12.4 Å². The largest absolute Gasteiger partial charge is 0.292 e. The molecule has 0 aromatic carbocycles. The second kappa shape index (κ2) is 5.98. The summed E-state index contributed by atoms with van der Waals surface area (Å²) in [5.74, 6) is 0.737. The zero-order chi connectivity index (χ0) is 14.7. The van der Waals surface area contributed by atoms with E-state index in [0.29, 0.717) is 18.1 Å². The average Bonchev–Trinajstić information content (AvgIpc) is 3.03. The number of hydrogen-bond donors (Lipinski definition) is 0. The van der Waals surface area contributed by atoms with Gasteiger partial charge in [0, 0.05) is 12.6 Å². The lowest BCUT2D eigenvalue weighted by Gasteiger charge is -2.09. The number of aromatic nitrogens is 5. The molecule has 0 amide bonds. The number of carbonyl (C=O) groups is 1. The van der Waals surface area contributed by atoms with Gasteiger partial charge in [-0.25, -0.2) is 9.67 Å². The lowest BCUT2D eigenvalue weighted by Crippen LogP contribution is -2.16. The Labute approximate surface area is 118 Å². The highest BCUT2D eigenvalue weighted by Gasteiger charge is 2.18. The molecule has 0 bridgehead atoms. The first-order valence-electron chi connectivity index (χ1n) is 7.05. The molecular formula is C14H21N5O. The minimum absolute atomic E-state index is 0.0361. The fourth-order valence-corrected chi connectivity index (χ4v) is 2.17. The molecule has 0 aliphatic rings. The molecule has 6 nitrogen and oxygen atoms in total. The van der Waals surface area contributed by atoms with Gasteiger partial charge in [-0.05, 0) is 33.3 Å². The van der Waals surface area contributed by atoms with Crippen molar-refractivity contribution in [3.63, 3.8) is 0 Å². The van der Waals surface area contributed by atoms with Gasteiger partial charge in [-0.1, -0.05) is 6.92 Å². The molecule has 0 N–H and O–H groups in total. The van der Waals surface area contributed by atoms with Crippen LogP contribution in [-0.4, -0.2) is 30.3 Å². The highest BCUT2D eigenvalue weighted by atomic mass is 16.1. The van der Waals surface area contributed by atoms with Crippen molar-refractivity contribution in [2.75, 3.05) is 0 Å². The van der Waals surface area contributed by atoms with Crippen molar-refractivity contribution in [2.24, 2.45) is 0 Å². The molecule has 0 fully saturated rings. The van der Waals surface area contributed by atoms with Crippen LogP contribution in [0.3, 0.4) is 0 Å².